The molecule has 0 amide bonds. The van der Waals surface area contributed by atoms with Crippen molar-refractivity contribution in [2.24, 2.45) is 0 Å². The largest absolute Gasteiger partial charge is 0.309 e. The average Bonchev–Trinajstić information content (AvgIpc) is 2.70. The van der Waals surface area contributed by atoms with Gasteiger partial charge in [0.2, 0.25) is 0 Å². The van der Waals surface area contributed by atoms with Gasteiger partial charge in [-0.3, -0.25) is 9.88 Å². The van der Waals surface area contributed by atoms with Crippen molar-refractivity contribution in [1.82, 2.24) is 15.2 Å². The number of likely N-dealkylation sites (tertiary alicyclic amines) is 1. The average molecular weight is 289 g/mol. The molecule has 1 fully saturated rings. The predicted octanol–water partition coefficient (Wildman–Crippen LogP) is 3.73. The van der Waals surface area contributed by atoms with Gasteiger partial charge in [-0.25, -0.2) is 0 Å². The summed E-state index contributed by atoms with van der Waals surface area (Å²) in [6.07, 6.45) is 6.73. The summed E-state index contributed by atoms with van der Waals surface area (Å²) >= 11 is 0. The van der Waals surface area contributed by atoms with Crippen molar-refractivity contribution in [3.8, 4) is 0 Å². The Morgan fingerprint density at radius 3 is 2.81 bits per heavy atom. The quantitative estimate of drug-likeness (QED) is 0.865. The molecule has 0 radical (unpaired) electrons. The van der Waals surface area contributed by atoms with Crippen LogP contribution in [0.4, 0.5) is 0 Å². The van der Waals surface area contributed by atoms with E-state index in [4.69, 9.17) is 4.98 Å². The molecule has 0 saturated carbocycles. The molecule has 21 heavy (non-hydrogen) atoms. The minimum Gasteiger partial charge on any atom is -0.309 e. The van der Waals surface area contributed by atoms with Crippen molar-refractivity contribution in [1.29, 1.82) is 0 Å². The molecule has 118 valence electrons. The fourth-order valence-electron chi connectivity index (χ4n) is 3.14. The smallest absolute Gasteiger partial charge is 0.0547 e. The van der Waals surface area contributed by atoms with Gasteiger partial charge in [0.05, 0.1) is 11.4 Å². The highest BCUT2D eigenvalue weighted by Crippen LogP contribution is 2.20. The van der Waals surface area contributed by atoms with E-state index in [2.05, 4.69) is 49.2 Å². The number of nitrogens with one attached hydrogen (secondary N) is 1. The zero-order valence-electron chi connectivity index (χ0n) is 13.9. The summed E-state index contributed by atoms with van der Waals surface area (Å²) in [5.74, 6) is 0. The molecule has 1 N–H and O–H groups in total. The first-order chi connectivity index (χ1) is 10.2. The summed E-state index contributed by atoms with van der Waals surface area (Å²) in [6, 6.07) is 7.70. The van der Waals surface area contributed by atoms with Crippen molar-refractivity contribution in [3.05, 3.63) is 29.6 Å². The van der Waals surface area contributed by atoms with E-state index in [0.29, 0.717) is 6.04 Å². The lowest BCUT2D eigenvalue weighted by molar-refractivity contribution is 0.184. The van der Waals surface area contributed by atoms with Gasteiger partial charge >= 0.3 is 0 Å². The van der Waals surface area contributed by atoms with Gasteiger partial charge in [0.15, 0.2) is 0 Å². The van der Waals surface area contributed by atoms with Crippen LogP contribution in [-0.2, 0) is 13.1 Å². The van der Waals surface area contributed by atoms with Gasteiger partial charge < -0.3 is 5.32 Å². The van der Waals surface area contributed by atoms with Crippen LogP contribution >= 0.6 is 0 Å². The van der Waals surface area contributed by atoms with Crippen LogP contribution in [-0.4, -0.2) is 28.5 Å². The molecule has 1 aliphatic rings. The molecule has 1 unspecified atom stereocenters. The standard InChI is InChI=1S/C18H31N3/c1-4-18-11-6-5-7-12-21(18)14-17-10-8-9-16(20-17)13-19-15(2)3/h8-10,15,18-19H,4-7,11-14H2,1-3H3. The third-order valence-corrected chi connectivity index (χ3v) is 4.39. The maximum atomic E-state index is 4.83. The molecule has 0 aliphatic carbocycles. The minimum absolute atomic E-state index is 0.505. The van der Waals surface area contributed by atoms with E-state index < -0.39 is 0 Å². The molecule has 0 bridgehead atoms. The highest BCUT2D eigenvalue weighted by molar-refractivity contribution is 5.11. The highest BCUT2D eigenvalue weighted by atomic mass is 15.2. The Kier molecular flexibility index (Phi) is 6.65. The predicted molar refractivity (Wildman–Crippen MR) is 89.2 cm³/mol. The van der Waals surface area contributed by atoms with E-state index in [1.54, 1.807) is 0 Å². The molecule has 3 heteroatoms. The van der Waals surface area contributed by atoms with Crippen LogP contribution < -0.4 is 5.32 Å². The van der Waals surface area contributed by atoms with E-state index >= 15 is 0 Å². The molecule has 1 atom stereocenters. The number of nitrogens with zero attached hydrogens (tertiary/aromatic N) is 2. The van der Waals surface area contributed by atoms with Crippen LogP contribution in [0.2, 0.25) is 0 Å². The molecule has 0 spiro atoms. The van der Waals surface area contributed by atoms with Crippen molar-refractivity contribution in [2.45, 2.75) is 78.0 Å². The Morgan fingerprint density at radius 1 is 1.24 bits per heavy atom. The van der Waals surface area contributed by atoms with Crippen molar-refractivity contribution >= 4 is 0 Å². The van der Waals surface area contributed by atoms with Gasteiger partial charge in [0.25, 0.3) is 0 Å². The first-order valence-corrected chi connectivity index (χ1v) is 8.61. The number of hydrogen-bond donors (Lipinski definition) is 1. The summed E-state index contributed by atoms with van der Waals surface area (Å²) in [4.78, 5) is 7.48. The Balaban J connectivity index is 1.98. The number of hydrogen-bond acceptors (Lipinski definition) is 3. The second-order valence-corrected chi connectivity index (χ2v) is 6.54. The molecular formula is C18H31N3. The summed E-state index contributed by atoms with van der Waals surface area (Å²) < 4.78 is 0. The Labute approximate surface area is 130 Å². The third-order valence-electron chi connectivity index (χ3n) is 4.39. The van der Waals surface area contributed by atoms with Crippen LogP contribution in [0.1, 0.15) is 64.3 Å². The summed E-state index contributed by atoms with van der Waals surface area (Å²) in [6.45, 7) is 9.77. The second kappa shape index (κ2) is 8.50. The maximum absolute atomic E-state index is 4.83. The molecule has 3 nitrogen and oxygen atoms in total. The lowest BCUT2D eigenvalue weighted by atomic mass is 10.1. The van der Waals surface area contributed by atoms with E-state index in [1.807, 2.05) is 0 Å². The third kappa shape index (κ3) is 5.40. The van der Waals surface area contributed by atoms with Crippen molar-refractivity contribution in [3.63, 3.8) is 0 Å². The molecule has 2 rings (SSSR count). The molecule has 1 aromatic rings. The Bertz CT molecular complexity index is 417. The SMILES string of the molecule is CCC1CCCCCN1Cc1cccc(CNC(C)C)n1. The van der Waals surface area contributed by atoms with Crippen molar-refractivity contribution in [2.75, 3.05) is 6.54 Å². The van der Waals surface area contributed by atoms with Crippen LogP contribution in [0.5, 0.6) is 0 Å². The first kappa shape index (κ1) is 16.4. The zero-order valence-corrected chi connectivity index (χ0v) is 13.9. The maximum Gasteiger partial charge on any atom is 0.0547 e. The molecule has 1 aliphatic heterocycles. The molecule has 0 aromatic carbocycles. The topological polar surface area (TPSA) is 28.2 Å². The van der Waals surface area contributed by atoms with Gasteiger partial charge in [-0.1, -0.05) is 39.7 Å². The Hall–Kier alpha value is -0.930. The van der Waals surface area contributed by atoms with E-state index in [9.17, 15) is 0 Å². The molecular weight excluding hydrogens is 258 g/mol. The van der Waals surface area contributed by atoms with Crippen LogP contribution in [0, 0.1) is 0 Å². The van der Waals surface area contributed by atoms with Gasteiger partial charge in [-0.05, 0) is 37.9 Å². The van der Waals surface area contributed by atoms with Gasteiger partial charge in [-0.15, -0.1) is 0 Å². The van der Waals surface area contributed by atoms with Gasteiger partial charge in [0, 0.05) is 25.2 Å². The summed E-state index contributed by atoms with van der Waals surface area (Å²) in [7, 11) is 0. The minimum atomic E-state index is 0.505. The lowest BCUT2D eigenvalue weighted by Gasteiger charge is -2.28. The van der Waals surface area contributed by atoms with E-state index in [1.165, 1.54) is 44.3 Å². The molecule has 1 saturated heterocycles. The summed E-state index contributed by atoms with van der Waals surface area (Å²) in [5.41, 5.74) is 2.38. The molecule has 1 aromatic heterocycles. The van der Waals surface area contributed by atoms with Crippen molar-refractivity contribution < 1.29 is 0 Å². The monoisotopic (exact) mass is 289 g/mol. The highest BCUT2D eigenvalue weighted by Gasteiger charge is 2.19. The second-order valence-electron chi connectivity index (χ2n) is 6.54. The van der Waals surface area contributed by atoms with E-state index in [0.717, 1.165) is 24.8 Å². The fraction of sp³-hybridized carbons (Fsp3) is 0.722. The lowest BCUT2D eigenvalue weighted by Crippen LogP contribution is -2.34. The number of pyridine rings is 1. The normalized spacial score (nSPS) is 20.7. The number of aromatic nitrogens is 1. The van der Waals surface area contributed by atoms with Gasteiger partial charge in [-0.2, -0.15) is 0 Å². The Morgan fingerprint density at radius 2 is 2.05 bits per heavy atom. The van der Waals surface area contributed by atoms with Crippen LogP contribution in [0.3, 0.4) is 0 Å². The van der Waals surface area contributed by atoms with Gasteiger partial charge in [0.1, 0.15) is 0 Å². The van der Waals surface area contributed by atoms with Crippen LogP contribution in [0.25, 0.3) is 0 Å². The summed E-state index contributed by atoms with van der Waals surface area (Å²) in [5, 5.41) is 3.45. The van der Waals surface area contributed by atoms with E-state index in [-0.39, 0.29) is 0 Å². The zero-order chi connectivity index (χ0) is 15.1. The fourth-order valence-corrected chi connectivity index (χ4v) is 3.14. The first-order valence-electron chi connectivity index (χ1n) is 8.61. The number of rotatable bonds is 6. The van der Waals surface area contributed by atoms with Crippen LogP contribution in [0.15, 0.2) is 18.2 Å². The molecule has 2 heterocycles.